The first-order valence-corrected chi connectivity index (χ1v) is 11.7. The minimum atomic E-state index is -0.684. The molecule has 0 saturated heterocycles. The van der Waals surface area contributed by atoms with Crippen LogP contribution in [0.4, 0.5) is 0 Å². The minimum absolute atomic E-state index is 0.179. The van der Waals surface area contributed by atoms with E-state index >= 15 is 0 Å². The third kappa shape index (κ3) is 3.14. The molecule has 160 valence electrons. The normalized spacial score (nSPS) is 51.7. The van der Waals surface area contributed by atoms with Gasteiger partial charge in [0.2, 0.25) is 0 Å². The largest absolute Gasteiger partial charge is 0.481 e. The molecule has 4 nitrogen and oxygen atoms in total. The first-order valence-electron chi connectivity index (χ1n) is 11.7. The number of fused-ring (bicyclic) bond motifs is 5. The average Bonchev–Trinajstić information content (AvgIpc) is 2.98. The lowest BCUT2D eigenvalue weighted by atomic mass is 9.43. The summed E-state index contributed by atoms with van der Waals surface area (Å²) in [6, 6.07) is 0. The van der Waals surface area contributed by atoms with E-state index < -0.39 is 5.97 Å². The molecule has 28 heavy (non-hydrogen) atoms. The summed E-state index contributed by atoms with van der Waals surface area (Å²) < 4.78 is 0. The highest BCUT2D eigenvalue weighted by molar-refractivity contribution is 5.66. The van der Waals surface area contributed by atoms with Gasteiger partial charge in [-0.25, -0.2) is 0 Å². The number of carbonyl (C=O) groups is 1. The van der Waals surface area contributed by atoms with Crippen molar-refractivity contribution in [1.82, 2.24) is 0 Å². The molecule has 0 aliphatic heterocycles. The molecule has 9 unspecified atom stereocenters. The first kappa shape index (κ1) is 20.7. The van der Waals surface area contributed by atoms with Crippen molar-refractivity contribution in [2.24, 2.45) is 46.3 Å². The topological polar surface area (TPSA) is 77.8 Å². The molecule has 4 heteroatoms. The van der Waals surface area contributed by atoms with Gasteiger partial charge in [-0.1, -0.05) is 20.8 Å². The van der Waals surface area contributed by atoms with Gasteiger partial charge in [-0.15, -0.1) is 0 Å². The summed E-state index contributed by atoms with van der Waals surface area (Å²) in [6.45, 7) is 7.16. The van der Waals surface area contributed by atoms with Crippen molar-refractivity contribution in [2.75, 3.05) is 0 Å². The predicted octanol–water partition coefficient (Wildman–Crippen LogP) is 4.48. The number of carboxylic acids is 1. The molecule has 4 fully saturated rings. The van der Waals surface area contributed by atoms with Crippen molar-refractivity contribution in [3.8, 4) is 0 Å². The van der Waals surface area contributed by atoms with Crippen LogP contribution in [0.2, 0.25) is 0 Å². The van der Waals surface area contributed by atoms with Gasteiger partial charge in [-0.3, -0.25) is 4.79 Å². The highest BCUT2D eigenvalue weighted by Gasteiger charge is 2.62. The molecular weight excluding hydrogens is 352 g/mol. The van der Waals surface area contributed by atoms with E-state index in [0.717, 1.165) is 32.1 Å². The molecule has 4 saturated carbocycles. The molecule has 4 aliphatic rings. The number of hydrogen-bond donors (Lipinski definition) is 3. The number of carboxylic acid groups (broad SMARTS) is 1. The monoisotopic (exact) mass is 392 g/mol. The number of aliphatic hydroxyl groups is 2. The highest BCUT2D eigenvalue weighted by atomic mass is 16.4. The fourth-order valence-electron chi connectivity index (χ4n) is 8.73. The molecule has 0 spiro atoms. The van der Waals surface area contributed by atoms with Crippen LogP contribution in [0.1, 0.15) is 85.0 Å². The van der Waals surface area contributed by atoms with Crippen LogP contribution in [0.25, 0.3) is 0 Å². The first-order chi connectivity index (χ1) is 13.2. The van der Waals surface area contributed by atoms with E-state index in [2.05, 4.69) is 20.8 Å². The molecule has 0 aromatic heterocycles. The van der Waals surface area contributed by atoms with E-state index in [1.54, 1.807) is 0 Å². The quantitative estimate of drug-likeness (QED) is 0.659. The molecular formula is C24H40O4. The van der Waals surface area contributed by atoms with E-state index in [1.165, 1.54) is 25.7 Å². The predicted molar refractivity (Wildman–Crippen MR) is 109 cm³/mol. The van der Waals surface area contributed by atoms with Gasteiger partial charge in [0.1, 0.15) is 0 Å². The maximum absolute atomic E-state index is 11.2. The van der Waals surface area contributed by atoms with Gasteiger partial charge in [0.15, 0.2) is 0 Å². The van der Waals surface area contributed by atoms with Gasteiger partial charge in [-0.05, 0) is 104 Å². The van der Waals surface area contributed by atoms with Crippen molar-refractivity contribution >= 4 is 5.97 Å². The third-order valence-corrected chi connectivity index (χ3v) is 10.2. The van der Waals surface area contributed by atoms with Crippen molar-refractivity contribution < 1.29 is 20.1 Å². The average molecular weight is 393 g/mol. The molecule has 4 aliphatic carbocycles. The van der Waals surface area contributed by atoms with Crippen LogP contribution >= 0.6 is 0 Å². The number of rotatable bonds is 4. The third-order valence-electron chi connectivity index (χ3n) is 10.2. The van der Waals surface area contributed by atoms with Crippen LogP contribution in [0, 0.1) is 46.3 Å². The molecule has 0 aromatic rings. The van der Waals surface area contributed by atoms with E-state index in [1.807, 2.05) is 0 Å². The standard InChI is InChI=1S/C24H40O4/c1-14(4-7-21(27)28)17-5-6-18-22-19(9-11-24(17,18)3)23(2)10-8-16(25)12-15(23)13-20(22)26/h14-20,22,25-26H,4-13H2,1-3H3,(H,27,28)/t14-,15?,16?,17?,18?,19?,20?,22?,23?,24?/m1/s1. The van der Waals surface area contributed by atoms with Gasteiger partial charge in [0.05, 0.1) is 12.2 Å². The summed E-state index contributed by atoms with van der Waals surface area (Å²) in [7, 11) is 0. The van der Waals surface area contributed by atoms with Crippen LogP contribution in [0.3, 0.4) is 0 Å². The zero-order chi connectivity index (χ0) is 20.3. The fourth-order valence-corrected chi connectivity index (χ4v) is 8.73. The van der Waals surface area contributed by atoms with Crippen LogP contribution in [0.15, 0.2) is 0 Å². The van der Waals surface area contributed by atoms with E-state index in [9.17, 15) is 15.0 Å². The van der Waals surface area contributed by atoms with E-state index in [0.29, 0.717) is 35.5 Å². The van der Waals surface area contributed by atoms with Crippen LogP contribution in [-0.4, -0.2) is 33.5 Å². The number of aliphatic hydroxyl groups excluding tert-OH is 2. The maximum Gasteiger partial charge on any atom is 0.303 e. The molecule has 0 aromatic carbocycles. The lowest BCUT2D eigenvalue weighted by Crippen LogP contribution is -2.58. The summed E-state index contributed by atoms with van der Waals surface area (Å²) in [4.78, 5) is 11.1. The van der Waals surface area contributed by atoms with Crippen molar-refractivity contribution in [1.29, 1.82) is 0 Å². The van der Waals surface area contributed by atoms with Crippen LogP contribution < -0.4 is 0 Å². The Balaban J connectivity index is 1.55. The molecule has 3 N–H and O–H groups in total. The van der Waals surface area contributed by atoms with Gasteiger partial charge >= 0.3 is 5.97 Å². The van der Waals surface area contributed by atoms with Crippen LogP contribution in [0.5, 0.6) is 0 Å². The Labute approximate surface area is 170 Å². The molecule has 10 atom stereocenters. The molecule has 0 radical (unpaired) electrons. The minimum Gasteiger partial charge on any atom is -0.481 e. The second-order valence-electron chi connectivity index (χ2n) is 11.4. The van der Waals surface area contributed by atoms with E-state index in [-0.39, 0.29) is 29.5 Å². The highest BCUT2D eigenvalue weighted by Crippen LogP contribution is 2.68. The zero-order valence-electron chi connectivity index (χ0n) is 17.9. The summed E-state index contributed by atoms with van der Waals surface area (Å²) in [5.41, 5.74) is 0.523. The summed E-state index contributed by atoms with van der Waals surface area (Å²) in [5, 5.41) is 30.5. The summed E-state index contributed by atoms with van der Waals surface area (Å²) >= 11 is 0. The van der Waals surface area contributed by atoms with E-state index in [4.69, 9.17) is 5.11 Å². The smallest absolute Gasteiger partial charge is 0.303 e. The Hall–Kier alpha value is -0.610. The second kappa shape index (κ2) is 7.27. The van der Waals surface area contributed by atoms with Crippen molar-refractivity contribution in [3.05, 3.63) is 0 Å². The molecule has 0 amide bonds. The summed E-state index contributed by atoms with van der Waals surface area (Å²) in [6.07, 6.45) is 9.19. The zero-order valence-corrected chi connectivity index (χ0v) is 17.9. The van der Waals surface area contributed by atoms with Crippen LogP contribution in [-0.2, 0) is 4.79 Å². The molecule has 4 rings (SSSR count). The van der Waals surface area contributed by atoms with Gasteiger partial charge < -0.3 is 15.3 Å². The SMILES string of the molecule is C[C@H](CCC(=O)O)C1CCC2C3C(O)CC4CC(O)CCC4(C)C3CCC21C. The molecule has 0 bridgehead atoms. The maximum atomic E-state index is 11.2. The Bertz CT molecular complexity index is 605. The fraction of sp³-hybridized carbons (Fsp3) is 0.958. The van der Waals surface area contributed by atoms with Crippen molar-refractivity contribution in [3.63, 3.8) is 0 Å². The van der Waals surface area contributed by atoms with Gasteiger partial charge in [0.25, 0.3) is 0 Å². The number of hydrogen-bond acceptors (Lipinski definition) is 3. The number of aliphatic carboxylic acids is 1. The second-order valence-corrected chi connectivity index (χ2v) is 11.4. The Kier molecular flexibility index (Phi) is 5.36. The van der Waals surface area contributed by atoms with Gasteiger partial charge in [-0.2, -0.15) is 0 Å². The Morgan fingerprint density at radius 2 is 1.68 bits per heavy atom. The Morgan fingerprint density at radius 3 is 2.39 bits per heavy atom. The van der Waals surface area contributed by atoms with Gasteiger partial charge in [0, 0.05) is 6.42 Å². The van der Waals surface area contributed by atoms with Crippen molar-refractivity contribution in [2.45, 2.75) is 97.2 Å². The molecule has 0 heterocycles. The summed E-state index contributed by atoms with van der Waals surface area (Å²) in [5.74, 6) is 2.36. The Morgan fingerprint density at radius 1 is 1.00 bits per heavy atom. The lowest BCUT2D eigenvalue weighted by molar-refractivity contribution is -0.174. The lowest BCUT2D eigenvalue weighted by Gasteiger charge is -2.62.